The molecule has 0 aromatic carbocycles. The summed E-state index contributed by atoms with van der Waals surface area (Å²) in [6, 6.07) is -1.73. The molecule has 8 heteroatoms. The summed E-state index contributed by atoms with van der Waals surface area (Å²) in [7, 11) is 0. The van der Waals surface area contributed by atoms with Crippen LogP contribution in [-0.4, -0.2) is 65.5 Å². The molecule has 0 unspecified atom stereocenters. The number of nitrogens with two attached hydrogens (primary N) is 1. The van der Waals surface area contributed by atoms with Gasteiger partial charge in [-0.3, -0.25) is 14.4 Å². The molecular weight excluding hydrogens is 288 g/mol. The second kappa shape index (κ2) is 7.06. The van der Waals surface area contributed by atoms with E-state index in [9.17, 15) is 19.5 Å². The Morgan fingerprint density at radius 3 is 2.64 bits per heavy atom. The van der Waals surface area contributed by atoms with Crippen LogP contribution in [0.15, 0.2) is 0 Å². The van der Waals surface area contributed by atoms with Crippen LogP contribution in [-0.2, 0) is 14.4 Å². The highest BCUT2D eigenvalue weighted by Gasteiger charge is 2.39. The molecule has 0 aliphatic carbocycles. The fourth-order valence-corrected chi connectivity index (χ4v) is 3.08. The lowest BCUT2D eigenvalue weighted by Crippen LogP contribution is -2.56. The molecule has 0 aromatic heterocycles. The van der Waals surface area contributed by atoms with Gasteiger partial charge in [0.25, 0.3) is 0 Å². The Balaban J connectivity index is 2.01. The van der Waals surface area contributed by atoms with Gasteiger partial charge in [-0.25, -0.2) is 0 Å². The lowest BCUT2D eigenvalue weighted by atomic mass is 10.1. The first kappa shape index (κ1) is 16.7. The van der Waals surface area contributed by atoms with Crippen LogP contribution in [0.5, 0.6) is 0 Å². The van der Waals surface area contributed by atoms with Gasteiger partial charge in [0.1, 0.15) is 12.1 Å². The third-order valence-electron chi connectivity index (χ3n) is 4.33. The number of aliphatic hydroxyl groups excluding tert-OH is 1. The van der Waals surface area contributed by atoms with Crippen LogP contribution in [0.2, 0.25) is 0 Å². The lowest BCUT2D eigenvalue weighted by molar-refractivity contribution is -0.142. The van der Waals surface area contributed by atoms with Gasteiger partial charge in [0.2, 0.25) is 17.7 Å². The summed E-state index contributed by atoms with van der Waals surface area (Å²) in [5, 5.41) is 15.1. The van der Waals surface area contributed by atoms with E-state index in [1.54, 1.807) is 4.90 Å². The second-order valence-corrected chi connectivity index (χ2v) is 6.01. The molecule has 2 rings (SSSR count). The Bertz CT molecular complexity index is 448. The van der Waals surface area contributed by atoms with Crippen LogP contribution in [0.25, 0.3) is 0 Å². The fraction of sp³-hybridized carbons (Fsp3) is 0.786. The SMILES string of the molecule is C[C@@H](O)[C@H](NC(=O)[C@@H]1CCCN1C(=O)[C@@H]1CCNC1)C(N)=O. The maximum absolute atomic E-state index is 12.5. The van der Waals surface area contributed by atoms with Crippen molar-refractivity contribution >= 4 is 17.7 Å². The first-order chi connectivity index (χ1) is 10.4. The van der Waals surface area contributed by atoms with Crippen molar-refractivity contribution in [3.8, 4) is 0 Å². The second-order valence-electron chi connectivity index (χ2n) is 6.01. The van der Waals surface area contributed by atoms with E-state index in [0.717, 1.165) is 19.4 Å². The molecule has 124 valence electrons. The van der Waals surface area contributed by atoms with Gasteiger partial charge < -0.3 is 26.4 Å². The van der Waals surface area contributed by atoms with Gasteiger partial charge in [-0.1, -0.05) is 0 Å². The number of amides is 3. The van der Waals surface area contributed by atoms with E-state index >= 15 is 0 Å². The van der Waals surface area contributed by atoms with Gasteiger partial charge in [0.15, 0.2) is 0 Å². The van der Waals surface area contributed by atoms with E-state index in [1.807, 2.05) is 0 Å². The summed E-state index contributed by atoms with van der Waals surface area (Å²) in [5.41, 5.74) is 5.18. The highest BCUT2D eigenvalue weighted by molar-refractivity contribution is 5.92. The molecule has 22 heavy (non-hydrogen) atoms. The van der Waals surface area contributed by atoms with Gasteiger partial charge in [-0.2, -0.15) is 0 Å². The van der Waals surface area contributed by atoms with Crippen LogP contribution < -0.4 is 16.4 Å². The molecule has 2 aliphatic heterocycles. The number of aliphatic hydroxyl groups is 1. The molecule has 2 aliphatic rings. The minimum Gasteiger partial charge on any atom is -0.391 e. The van der Waals surface area contributed by atoms with Crippen LogP contribution in [0, 0.1) is 5.92 Å². The molecule has 0 radical (unpaired) electrons. The summed E-state index contributed by atoms with van der Waals surface area (Å²) in [5.74, 6) is -1.33. The van der Waals surface area contributed by atoms with Gasteiger partial charge in [0, 0.05) is 13.1 Å². The molecule has 2 saturated heterocycles. The normalized spacial score (nSPS) is 27.5. The van der Waals surface area contributed by atoms with E-state index in [0.29, 0.717) is 19.5 Å². The number of rotatable bonds is 5. The third kappa shape index (κ3) is 3.56. The lowest BCUT2D eigenvalue weighted by Gasteiger charge is -2.28. The maximum atomic E-state index is 12.5. The van der Waals surface area contributed by atoms with Gasteiger partial charge >= 0.3 is 0 Å². The summed E-state index contributed by atoms with van der Waals surface area (Å²) >= 11 is 0. The average molecular weight is 312 g/mol. The van der Waals surface area contributed by atoms with Crippen molar-refractivity contribution in [2.24, 2.45) is 11.7 Å². The standard InChI is InChI=1S/C14H24N4O4/c1-8(19)11(12(15)20)17-13(21)10-3-2-6-18(10)14(22)9-4-5-16-7-9/h8-11,16,19H,2-7H2,1H3,(H2,15,20)(H,17,21)/t8-,9-,10+,11+/m1/s1. The number of hydrogen-bond donors (Lipinski definition) is 4. The molecule has 3 amide bonds. The largest absolute Gasteiger partial charge is 0.391 e. The number of carbonyl (C=O) groups is 3. The van der Waals surface area contributed by atoms with Crippen molar-refractivity contribution in [1.29, 1.82) is 0 Å². The first-order valence-corrected chi connectivity index (χ1v) is 7.70. The quantitative estimate of drug-likeness (QED) is 0.464. The number of likely N-dealkylation sites (tertiary alicyclic amines) is 1. The van der Waals surface area contributed by atoms with Crippen molar-refractivity contribution in [2.45, 2.75) is 44.4 Å². The first-order valence-electron chi connectivity index (χ1n) is 7.70. The number of primary amides is 1. The Labute approximate surface area is 129 Å². The Morgan fingerprint density at radius 2 is 2.09 bits per heavy atom. The van der Waals surface area contributed by atoms with Gasteiger partial charge in [-0.05, 0) is 32.7 Å². The van der Waals surface area contributed by atoms with Crippen molar-refractivity contribution < 1.29 is 19.5 Å². The van der Waals surface area contributed by atoms with Gasteiger partial charge in [0.05, 0.1) is 12.0 Å². The van der Waals surface area contributed by atoms with E-state index in [2.05, 4.69) is 10.6 Å². The van der Waals surface area contributed by atoms with Crippen molar-refractivity contribution in [1.82, 2.24) is 15.5 Å². The molecule has 0 aromatic rings. The number of nitrogens with one attached hydrogen (secondary N) is 2. The van der Waals surface area contributed by atoms with Crippen LogP contribution in [0.3, 0.4) is 0 Å². The minimum atomic E-state index is -1.14. The smallest absolute Gasteiger partial charge is 0.243 e. The summed E-state index contributed by atoms with van der Waals surface area (Å²) in [6.07, 6.45) is 1.01. The predicted octanol–water partition coefficient (Wildman–Crippen LogP) is -2.06. The Morgan fingerprint density at radius 1 is 1.36 bits per heavy atom. The molecule has 0 spiro atoms. The zero-order valence-electron chi connectivity index (χ0n) is 12.7. The molecule has 0 bridgehead atoms. The van der Waals surface area contributed by atoms with Gasteiger partial charge in [-0.15, -0.1) is 0 Å². The predicted molar refractivity (Wildman–Crippen MR) is 78.5 cm³/mol. The zero-order chi connectivity index (χ0) is 16.3. The van der Waals surface area contributed by atoms with Crippen LogP contribution in [0.1, 0.15) is 26.2 Å². The highest BCUT2D eigenvalue weighted by Crippen LogP contribution is 2.22. The van der Waals surface area contributed by atoms with Crippen molar-refractivity contribution in [3.63, 3.8) is 0 Å². The topological polar surface area (TPSA) is 125 Å². The highest BCUT2D eigenvalue weighted by atomic mass is 16.3. The molecule has 8 nitrogen and oxygen atoms in total. The zero-order valence-corrected chi connectivity index (χ0v) is 12.7. The van der Waals surface area contributed by atoms with E-state index in [-0.39, 0.29) is 11.8 Å². The molecule has 0 saturated carbocycles. The Kier molecular flexibility index (Phi) is 5.36. The molecule has 2 fully saturated rings. The minimum absolute atomic E-state index is 0.0182. The number of carbonyl (C=O) groups excluding carboxylic acids is 3. The summed E-state index contributed by atoms with van der Waals surface area (Å²) < 4.78 is 0. The molecule has 2 heterocycles. The van der Waals surface area contributed by atoms with E-state index < -0.39 is 30.0 Å². The van der Waals surface area contributed by atoms with Crippen LogP contribution >= 0.6 is 0 Å². The van der Waals surface area contributed by atoms with Crippen molar-refractivity contribution in [3.05, 3.63) is 0 Å². The van der Waals surface area contributed by atoms with E-state index in [4.69, 9.17) is 5.73 Å². The van der Waals surface area contributed by atoms with Crippen LogP contribution in [0.4, 0.5) is 0 Å². The van der Waals surface area contributed by atoms with E-state index in [1.165, 1.54) is 6.92 Å². The molecule has 4 atom stereocenters. The molecule has 5 N–H and O–H groups in total. The number of hydrogen-bond acceptors (Lipinski definition) is 5. The summed E-state index contributed by atoms with van der Waals surface area (Å²) in [4.78, 5) is 37.7. The van der Waals surface area contributed by atoms with Crippen molar-refractivity contribution in [2.75, 3.05) is 19.6 Å². The molecular formula is C14H24N4O4. The Hall–Kier alpha value is -1.67. The summed E-state index contributed by atoms with van der Waals surface area (Å²) in [6.45, 7) is 3.38. The maximum Gasteiger partial charge on any atom is 0.243 e. The average Bonchev–Trinajstić information content (AvgIpc) is 3.13. The monoisotopic (exact) mass is 312 g/mol. The fourth-order valence-electron chi connectivity index (χ4n) is 3.08. The third-order valence-corrected chi connectivity index (χ3v) is 4.33. The number of nitrogens with zero attached hydrogens (tertiary/aromatic N) is 1.